The Morgan fingerprint density at radius 3 is 2.64 bits per heavy atom. The summed E-state index contributed by atoms with van der Waals surface area (Å²) in [6, 6.07) is 3.13. The number of nitrogen functional groups attached to an aromatic ring is 1. The minimum absolute atomic E-state index is 0.115. The number of ether oxygens (including phenoxy) is 1. The summed E-state index contributed by atoms with van der Waals surface area (Å²) in [5.41, 5.74) is 6.95. The van der Waals surface area contributed by atoms with E-state index in [0.717, 1.165) is 5.56 Å². The van der Waals surface area contributed by atoms with Crippen LogP contribution in [0.3, 0.4) is 0 Å². The normalized spacial score (nSPS) is 9.86. The molecular formula is C10H13NO3. The van der Waals surface area contributed by atoms with Gasteiger partial charge < -0.3 is 15.6 Å². The van der Waals surface area contributed by atoms with E-state index in [9.17, 15) is 4.79 Å². The molecule has 0 radical (unpaired) electrons. The monoisotopic (exact) mass is 195 g/mol. The summed E-state index contributed by atoms with van der Waals surface area (Å²) in [4.78, 5) is 10.9. The van der Waals surface area contributed by atoms with E-state index < -0.39 is 5.97 Å². The summed E-state index contributed by atoms with van der Waals surface area (Å²) in [6.45, 7) is 1.92. The van der Waals surface area contributed by atoms with Gasteiger partial charge in [0.15, 0.2) is 0 Å². The molecule has 4 heteroatoms. The van der Waals surface area contributed by atoms with Crippen LogP contribution in [-0.4, -0.2) is 18.2 Å². The number of anilines is 1. The minimum Gasteiger partial charge on any atom is -0.496 e. The van der Waals surface area contributed by atoms with Crippen molar-refractivity contribution in [2.75, 3.05) is 12.8 Å². The molecule has 0 atom stereocenters. The molecule has 0 amide bonds. The van der Waals surface area contributed by atoms with Crippen LogP contribution in [0, 0.1) is 0 Å². The van der Waals surface area contributed by atoms with Crippen LogP contribution in [0.5, 0.6) is 5.75 Å². The second-order valence-corrected chi connectivity index (χ2v) is 2.92. The van der Waals surface area contributed by atoms with Crippen molar-refractivity contribution < 1.29 is 14.6 Å². The summed E-state index contributed by atoms with van der Waals surface area (Å²) in [6.07, 6.45) is 0.689. The molecular weight excluding hydrogens is 182 g/mol. The molecule has 0 saturated heterocycles. The molecule has 3 N–H and O–H groups in total. The van der Waals surface area contributed by atoms with Crippen molar-refractivity contribution in [2.45, 2.75) is 13.3 Å². The van der Waals surface area contributed by atoms with Gasteiger partial charge in [0.1, 0.15) is 11.3 Å². The van der Waals surface area contributed by atoms with Crippen LogP contribution in [0.1, 0.15) is 22.8 Å². The Morgan fingerprint density at radius 2 is 2.21 bits per heavy atom. The second kappa shape index (κ2) is 4.00. The lowest BCUT2D eigenvalue weighted by atomic mass is 10.1. The number of rotatable bonds is 3. The molecule has 0 saturated carbocycles. The highest BCUT2D eigenvalue weighted by Gasteiger charge is 2.14. The number of hydrogen-bond acceptors (Lipinski definition) is 3. The number of carboxylic acids is 1. The standard InChI is InChI=1S/C10H13NO3/c1-3-6-4-7(11)5-8(10(12)13)9(6)14-2/h4-5H,3,11H2,1-2H3,(H,12,13). The molecule has 0 aromatic heterocycles. The highest BCUT2D eigenvalue weighted by molar-refractivity contribution is 5.92. The SMILES string of the molecule is CCc1cc(N)cc(C(=O)O)c1OC. The van der Waals surface area contributed by atoms with Gasteiger partial charge in [0, 0.05) is 5.69 Å². The molecule has 0 fully saturated rings. The van der Waals surface area contributed by atoms with Gasteiger partial charge in [-0.05, 0) is 24.1 Å². The van der Waals surface area contributed by atoms with E-state index in [-0.39, 0.29) is 5.56 Å². The van der Waals surface area contributed by atoms with Gasteiger partial charge in [-0.15, -0.1) is 0 Å². The third kappa shape index (κ3) is 1.79. The van der Waals surface area contributed by atoms with Gasteiger partial charge in [0.2, 0.25) is 0 Å². The Morgan fingerprint density at radius 1 is 1.57 bits per heavy atom. The highest BCUT2D eigenvalue weighted by atomic mass is 16.5. The number of nitrogens with two attached hydrogens (primary N) is 1. The number of carboxylic acid groups (broad SMARTS) is 1. The van der Waals surface area contributed by atoms with Crippen LogP contribution in [0.15, 0.2) is 12.1 Å². The molecule has 76 valence electrons. The van der Waals surface area contributed by atoms with Gasteiger partial charge in [-0.2, -0.15) is 0 Å². The lowest BCUT2D eigenvalue weighted by Gasteiger charge is -2.10. The van der Waals surface area contributed by atoms with Gasteiger partial charge in [-0.3, -0.25) is 0 Å². The Kier molecular flexibility index (Phi) is 2.96. The summed E-state index contributed by atoms with van der Waals surface area (Å²) in [7, 11) is 1.46. The first-order chi connectivity index (χ1) is 6.60. The first-order valence-electron chi connectivity index (χ1n) is 4.29. The lowest BCUT2D eigenvalue weighted by molar-refractivity contribution is 0.0693. The topological polar surface area (TPSA) is 72.6 Å². The average Bonchev–Trinajstić information content (AvgIpc) is 2.16. The third-order valence-electron chi connectivity index (χ3n) is 2.00. The number of aryl methyl sites for hydroxylation is 1. The Hall–Kier alpha value is -1.71. The molecule has 0 heterocycles. The van der Waals surface area contributed by atoms with Crippen LogP contribution >= 0.6 is 0 Å². The predicted octanol–water partition coefficient (Wildman–Crippen LogP) is 1.54. The van der Waals surface area contributed by atoms with Crippen molar-refractivity contribution in [3.8, 4) is 5.75 Å². The molecule has 0 aliphatic carbocycles. The molecule has 0 aliphatic heterocycles. The zero-order chi connectivity index (χ0) is 10.7. The summed E-state index contributed by atoms with van der Waals surface area (Å²) >= 11 is 0. The van der Waals surface area contributed by atoms with E-state index >= 15 is 0 Å². The Balaban J connectivity index is 3.39. The fourth-order valence-corrected chi connectivity index (χ4v) is 1.38. The highest BCUT2D eigenvalue weighted by Crippen LogP contribution is 2.27. The van der Waals surface area contributed by atoms with Gasteiger partial charge >= 0.3 is 5.97 Å². The molecule has 0 bridgehead atoms. The number of benzene rings is 1. The van der Waals surface area contributed by atoms with Crippen molar-refractivity contribution in [3.05, 3.63) is 23.3 Å². The summed E-state index contributed by atoms with van der Waals surface area (Å²) in [5.74, 6) is -0.627. The van der Waals surface area contributed by atoms with Crippen LogP contribution in [0.4, 0.5) is 5.69 Å². The Bertz CT molecular complexity index is 361. The van der Waals surface area contributed by atoms with Gasteiger partial charge in [0.05, 0.1) is 7.11 Å². The largest absolute Gasteiger partial charge is 0.496 e. The van der Waals surface area contributed by atoms with E-state index in [0.29, 0.717) is 17.9 Å². The zero-order valence-electron chi connectivity index (χ0n) is 8.20. The van der Waals surface area contributed by atoms with Gasteiger partial charge in [-0.25, -0.2) is 4.79 Å². The molecule has 14 heavy (non-hydrogen) atoms. The maximum absolute atomic E-state index is 10.9. The van der Waals surface area contributed by atoms with Gasteiger partial charge in [-0.1, -0.05) is 6.92 Å². The molecule has 1 aromatic rings. The lowest BCUT2D eigenvalue weighted by Crippen LogP contribution is -2.04. The van der Waals surface area contributed by atoms with E-state index in [1.807, 2.05) is 6.92 Å². The van der Waals surface area contributed by atoms with Gasteiger partial charge in [0.25, 0.3) is 0 Å². The quantitative estimate of drug-likeness (QED) is 0.717. The number of aromatic carboxylic acids is 1. The molecule has 0 unspecified atom stereocenters. The van der Waals surface area contributed by atoms with Crippen molar-refractivity contribution in [2.24, 2.45) is 0 Å². The average molecular weight is 195 g/mol. The summed E-state index contributed by atoms with van der Waals surface area (Å²) in [5, 5.41) is 8.91. The maximum atomic E-state index is 10.9. The smallest absolute Gasteiger partial charge is 0.339 e. The Labute approximate surface area is 82.3 Å². The molecule has 1 aromatic carbocycles. The van der Waals surface area contributed by atoms with E-state index in [2.05, 4.69) is 0 Å². The molecule has 0 aliphatic rings. The van der Waals surface area contributed by atoms with Crippen LogP contribution in [0.25, 0.3) is 0 Å². The first kappa shape index (κ1) is 10.4. The number of hydrogen-bond donors (Lipinski definition) is 2. The fraction of sp³-hybridized carbons (Fsp3) is 0.300. The van der Waals surface area contributed by atoms with E-state index in [1.54, 1.807) is 6.07 Å². The van der Waals surface area contributed by atoms with Crippen molar-refractivity contribution in [1.82, 2.24) is 0 Å². The fourth-order valence-electron chi connectivity index (χ4n) is 1.38. The molecule has 0 spiro atoms. The molecule has 1 rings (SSSR count). The van der Waals surface area contributed by atoms with E-state index in [1.165, 1.54) is 13.2 Å². The predicted molar refractivity (Wildman–Crippen MR) is 53.7 cm³/mol. The van der Waals surface area contributed by atoms with Crippen molar-refractivity contribution >= 4 is 11.7 Å². The van der Waals surface area contributed by atoms with Crippen molar-refractivity contribution in [1.29, 1.82) is 0 Å². The van der Waals surface area contributed by atoms with Crippen LogP contribution in [0.2, 0.25) is 0 Å². The summed E-state index contributed by atoms with van der Waals surface area (Å²) < 4.78 is 5.05. The van der Waals surface area contributed by atoms with Crippen LogP contribution < -0.4 is 10.5 Å². The zero-order valence-corrected chi connectivity index (χ0v) is 8.20. The van der Waals surface area contributed by atoms with E-state index in [4.69, 9.17) is 15.6 Å². The molecule has 4 nitrogen and oxygen atoms in total. The second-order valence-electron chi connectivity index (χ2n) is 2.92. The number of carbonyl (C=O) groups is 1. The third-order valence-corrected chi connectivity index (χ3v) is 2.00. The first-order valence-corrected chi connectivity index (χ1v) is 4.29. The van der Waals surface area contributed by atoms with Crippen molar-refractivity contribution in [3.63, 3.8) is 0 Å². The minimum atomic E-state index is -1.02. The maximum Gasteiger partial charge on any atom is 0.339 e. The number of methoxy groups -OCH3 is 1. The van der Waals surface area contributed by atoms with Crippen LogP contribution in [-0.2, 0) is 6.42 Å².